The van der Waals surface area contributed by atoms with Crippen LogP contribution in [0.15, 0.2) is 115 Å². The number of anilines is 3. The van der Waals surface area contributed by atoms with Gasteiger partial charge in [0.15, 0.2) is 0 Å². The molecule has 3 aromatic rings. The Kier molecular flexibility index (Phi) is 6.18. The van der Waals surface area contributed by atoms with E-state index in [1.54, 1.807) is 11.9 Å². The van der Waals surface area contributed by atoms with Crippen molar-refractivity contribution in [2.24, 2.45) is 0 Å². The van der Waals surface area contributed by atoms with Gasteiger partial charge in [-0.2, -0.15) is 0 Å². The van der Waals surface area contributed by atoms with E-state index < -0.39 is 0 Å². The van der Waals surface area contributed by atoms with E-state index in [0.717, 1.165) is 22.1 Å². The Labute approximate surface area is 160 Å². The molecule has 0 fully saturated rings. The van der Waals surface area contributed by atoms with Crippen LogP contribution in [-0.4, -0.2) is 7.05 Å². The first-order valence-corrected chi connectivity index (χ1v) is 9.26. The predicted molar refractivity (Wildman–Crippen MR) is 116 cm³/mol. The fourth-order valence-corrected chi connectivity index (χ4v) is 3.58. The lowest BCUT2D eigenvalue weighted by Gasteiger charge is -2.29. The number of allylic oxidation sites excluding steroid dienone is 2. The van der Waals surface area contributed by atoms with Crippen molar-refractivity contribution in [3.05, 3.63) is 115 Å². The van der Waals surface area contributed by atoms with Gasteiger partial charge in [-0.15, -0.1) is 0 Å². The molecule has 0 bridgehead atoms. The first kappa shape index (κ1) is 17.9. The molecule has 3 heteroatoms. The molecule has 0 aliphatic heterocycles. The minimum absolute atomic E-state index is 1.08. The van der Waals surface area contributed by atoms with Gasteiger partial charge in [0.2, 0.25) is 0 Å². The van der Waals surface area contributed by atoms with Gasteiger partial charge in [0.1, 0.15) is 0 Å². The number of hydrogen-bond acceptors (Lipinski definition) is 3. The molecule has 0 radical (unpaired) electrons. The van der Waals surface area contributed by atoms with Gasteiger partial charge in [-0.25, -0.2) is 0 Å². The minimum atomic E-state index is 1.08. The van der Waals surface area contributed by atoms with E-state index in [4.69, 9.17) is 0 Å². The maximum Gasteiger partial charge on any atom is 0.0965 e. The SMILES string of the molecule is C=C/C=C(\SN(c1ccccc1)c1ccccc1)N(C)c1ccccc1. The first-order chi connectivity index (χ1) is 12.8. The van der Waals surface area contributed by atoms with Crippen molar-refractivity contribution in [2.45, 2.75) is 0 Å². The highest BCUT2D eigenvalue weighted by atomic mass is 32.2. The molecule has 0 saturated carbocycles. The van der Waals surface area contributed by atoms with Crippen molar-refractivity contribution < 1.29 is 0 Å². The van der Waals surface area contributed by atoms with E-state index in [1.165, 1.54) is 0 Å². The van der Waals surface area contributed by atoms with Crippen molar-refractivity contribution in [1.29, 1.82) is 0 Å². The smallest absolute Gasteiger partial charge is 0.0965 e. The number of nitrogens with zero attached hydrogens (tertiary/aromatic N) is 2. The van der Waals surface area contributed by atoms with Gasteiger partial charge in [-0.05, 0) is 42.5 Å². The predicted octanol–water partition coefficient (Wildman–Crippen LogP) is 6.64. The van der Waals surface area contributed by atoms with Crippen LogP contribution in [-0.2, 0) is 0 Å². The summed E-state index contributed by atoms with van der Waals surface area (Å²) >= 11 is 1.67. The maximum absolute atomic E-state index is 3.89. The van der Waals surface area contributed by atoms with Crippen molar-refractivity contribution in [3.63, 3.8) is 0 Å². The van der Waals surface area contributed by atoms with E-state index in [2.05, 4.69) is 83.5 Å². The van der Waals surface area contributed by atoms with Crippen LogP contribution >= 0.6 is 11.9 Å². The van der Waals surface area contributed by atoms with Crippen LogP contribution in [0, 0.1) is 0 Å². The molecule has 0 aromatic heterocycles. The number of para-hydroxylation sites is 3. The normalized spacial score (nSPS) is 11.0. The second-order valence-corrected chi connectivity index (χ2v) is 6.66. The Morgan fingerprint density at radius 1 is 0.731 bits per heavy atom. The average molecular weight is 359 g/mol. The third-order valence-corrected chi connectivity index (χ3v) is 5.10. The van der Waals surface area contributed by atoms with Crippen LogP contribution in [0.2, 0.25) is 0 Å². The van der Waals surface area contributed by atoms with Gasteiger partial charge in [-0.1, -0.05) is 67.3 Å². The number of rotatable bonds is 7. The quantitative estimate of drug-likeness (QED) is 0.345. The number of hydrogen-bond donors (Lipinski definition) is 0. The zero-order valence-electron chi connectivity index (χ0n) is 14.8. The van der Waals surface area contributed by atoms with Crippen molar-refractivity contribution in [1.82, 2.24) is 0 Å². The standard InChI is InChI=1S/C23H22N2S/c1-3-13-23(24(2)20-14-7-4-8-15-20)26-25(21-16-9-5-10-17-21)22-18-11-6-12-19-22/h3-19H,1H2,2H3/b23-13-. The summed E-state index contributed by atoms with van der Waals surface area (Å²) in [7, 11) is 2.08. The molecule has 0 amide bonds. The van der Waals surface area contributed by atoms with E-state index in [0.29, 0.717) is 0 Å². The van der Waals surface area contributed by atoms with Crippen LogP contribution in [0.25, 0.3) is 0 Å². The molecule has 0 spiro atoms. The van der Waals surface area contributed by atoms with E-state index >= 15 is 0 Å². The molecule has 0 heterocycles. The third-order valence-electron chi connectivity index (χ3n) is 3.90. The molecule has 0 aliphatic rings. The highest BCUT2D eigenvalue weighted by Crippen LogP contribution is 2.38. The van der Waals surface area contributed by atoms with E-state index in [1.807, 2.05) is 42.5 Å². The monoisotopic (exact) mass is 358 g/mol. The maximum atomic E-state index is 3.89. The van der Waals surface area contributed by atoms with Gasteiger partial charge < -0.3 is 4.90 Å². The Morgan fingerprint density at radius 3 is 1.58 bits per heavy atom. The summed E-state index contributed by atoms with van der Waals surface area (Å²) in [4.78, 5) is 2.17. The highest BCUT2D eigenvalue weighted by Gasteiger charge is 2.16. The average Bonchev–Trinajstić information content (AvgIpc) is 2.72. The fourth-order valence-electron chi connectivity index (χ4n) is 2.56. The largest absolute Gasteiger partial charge is 0.338 e. The summed E-state index contributed by atoms with van der Waals surface area (Å²) in [6.07, 6.45) is 3.87. The van der Waals surface area contributed by atoms with Crippen molar-refractivity contribution in [2.75, 3.05) is 16.3 Å². The summed E-state index contributed by atoms with van der Waals surface area (Å²) < 4.78 is 2.23. The summed E-state index contributed by atoms with van der Waals surface area (Å²) in [6, 6.07) is 31.1. The Hall–Kier alpha value is -2.91. The van der Waals surface area contributed by atoms with Crippen LogP contribution in [0.1, 0.15) is 0 Å². The van der Waals surface area contributed by atoms with Gasteiger partial charge in [0.05, 0.1) is 16.4 Å². The molecule has 130 valence electrons. The lowest BCUT2D eigenvalue weighted by molar-refractivity contribution is 1.18. The molecule has 3 rings (SSSR count). The summed E-state index contributed by atoms with van der Waals surface area (Å²) in [6.45, 7) is 3.89. The van der Waals surface area contributed by atoms with Crippen molar-refractivity contribution >= 4 is 29.0 Å². The molecule has 2 nitrogen and oxygen atoms in total. The summed E-state index contributed by atoms with van der Waals surface area (Å²) in [5, 5.41) is 1.08. The Bertz CT molecular complexity index is 806. The topological polar surface area (TPSA) is 6.48 Å². The van der Waals surface area contributed by atoms with Crippen LogP contribution in [0.5, 0.6) is 0 Å². The minimum Gasteiger partial charge on any atom is -0.338 e. The van der Waals surface area contributed by atoms with E-state index in [-0.39, 0.29) is 0 Å². The second-order valence-electron chi connectivity index (χ2n) is 5.69. The molecule has 0 aliphatic carbocycles. The lowest BCUT2D eigenvalue weighted by atomic mass is 10.3. The molecule has 0 N–H and O–H groups in total. The van der Waals surface area contributed by atoms with Gasteiger partial charge >= 0.3 is 0 Å². The van der Waals surface area contributed by atoms with Crippen LogP contribution in [0.4, 0.5) is 17.1 Å². The lowest BCUT2D eigenvalue weighted by Crippen LogP contribution is -2.18. The fraction of sp³-hybridized carbons (Fsp3) is 0.0435. The molecule has 0 unspecified atom stereocenters. The third kappa shape index (κ3) is 4.38. The first-order valence-electron chi connectivity index (χ1n) is 8.49. The molecule has 3 aromatic carbocycles. The molecule has 0 atom stereocenters. The summed E-state index contributed by atoms with van der Waals surface area (Å²) in [5.74, 6) is 0. The Morgan fingerprint density at radius 2 is 1.15 bits per heavy atom. The molecular weight excluding hydrogens is 336 g/mol. The van der Waals surface area contributed by atoms with Crippen LogP contribution in [0.3, 0.4) is 0 Å². The molecular formula is C23H22N2S. The Balaban J connectivity index is 1.96. The summed E-state index contributed by atoms with van der Waals surface area (Å²) in [5.41, 5.74) is 3.38. The molecule has 26 heavy (non-hydrogen) atoms. The van der Waals surface area contributed by atoms with E-state index in [9.17, 15) is 0 Å². The van der Waals surface area contributed by atoms with Gasteiger partial charge in [0.25, 0.3) is 0 Å². The zero-order chi connectivity index (χ0) is 18.2. The van der Waals surface area contributed by atoms with Crippen LogP contribution < -0.4 is 9.21 Å². The highest BCUT2D eigenvalue weighted by molar-refractivity contribution is 8.04. The zero-order valence-corrected chi connectivity index (χ0v) is 15.6. The number of benzene rings is 3. The van der Waals surface area contributed by atoms with Gasteiger partial charge in [-0.3, -0.25) is 4.31 Å². The second kappa shape index (κ2) is 8.97. The van der Waals surface area contributed by atoms with Gasteiger partial charge in [0, 0.05) is 24.7 Å². The molecule has 0 saturated heterocycles. The van der Waals surface area contributed by atoms with Crippen molar-refractivity contribution in [3.8, 4) is 0 Å².